The number of nitrogens with one attached hydrogen (secondary N) is 1. The Labute approximate surface area is 158 Å². The molecule has 0 saturated carbocycles. The van der Waals surface area contributed by atoms with Crippen LogP contribution in [0, 0.1) is 0 Å². The lowest BCUT2D eigenvalue weighted by atomic mass is 9.92. The van der Waals surface area contributed by atoms with Gasteiger partial charge in [-0.05, 0) is 53.4 Å². The maximum Gasteiger partial charge on any atom is 0.116 e. The highest BCUT2D eigenvalue weighted by molar-refractivity contribution is 5.86. The standard InChI is InChI=1S/C23H21N3O/c27-18-6-7-21-20(14-18)19-10-13-26(15-16-4-2-1-3-5-16)23(22(19)25-21)17-8-11-24-12-9-17/h1-9,11-12,14,23,25,27H,10,13,15H2. The van der Waals surface area contributed by atoms with E-state index in [1.54, 1.807) is 6.07 Å². The van der Waals surface area contributed by atoms with E-state index in [4.69, 9.17) is 0 Å². The topological polar surface area (TPSA) is 52.1 Å². The molecule has 2 aromatic carbocycles. The van der Waals surface area contributed by atoms with E-state index in [1.807, 2.05) is 24.5 Å². The molecule has 0 spiro atoms. The van der Waals surface area contributed by atoms with Crippen molar-refractivity contribution in [2.75, 3.05) is 6.54 Å². The minimum absolute atomic E-state index is 0.145. The summed E-state index contributed by atoms with van der Waals surface area (Å²) in [5.74, 6) is 0.316. The van der Waals surface area contributed by atoms with Gasteiger partial charge in [0.25, 0.3) is 0 Å². The van der Waals surface area contributed by atoms with Crippen molar-refractivity contribution in [3.05, 3.63) is 95.4 Å². The van der Waals surface area contributed by atoms with Gasteiger partial charge < -0.3 is 10.1 Å². The Hall–Kier alpha value is -3.11. The first-order valence-electron chi connectivity index (χ1n) is 9.31. The first-order chi connectivity index (χ1) is 13.3. The van der Waals surface area contributed by atoms with E-state index in [9.17, 15) is 5.11 Å². The maximum absolute atomic E-state index is 9.95. The Morgan fingerprint density at radius 1 is 1.04 bits per heavy atom. The smallest absolute Gasteiger partial charge is 0.116 e. The number of phenolic OH excluding ortho intramolecular Hbond substituents is 1. The first-order valence-corrected chi connectivity index (χ1v) is 9.31. The predicted molar refractivity (Wildman–Crippen MR) is 107 cm³/mol. The van der Waals surface area contributed by atoms with Crippen LogP contribution in [0.5, 0.6) is 5.75 Å². The van der Waals surface area contributed by atoms with E-state index in [0.29, 0.717) is 5.75 Å². The molecule has 27 heavy (non-hydrogen) atoms. The number of nitrogens with zero attached hydrogens (tertiary/aromatic N) is 2. The van der Waals surface area contributed by atoms with Crippen LogP contribution in [0.3, 0.4) is 0 Å². The van der Waals surface area contributed by atoms with Crippen molar-refractivity contribution in [3.8, 4) is 5.75 Å². The number of aromatic hydroxyl groups is 1. The lowest BCUT2D eigenvalue weighted by Gasteiger charge is -2.36. The summed E-state index contributed by atoms with van der Waals surface area (Å²) in [6.45, 7) is 1.87. The molecule has 4 nitrogen and oxygen atoms in total. The van der Waals surface area contributed by atoms with Crippen LogP contribution in [0.4, 0.5) is 0 Å². The van der Waals surface area contributed by atoms with Gasteiger partial charge in [0.1, 0.15) is 5.75 Å². The number of benzene rings is 2. The molecule has 2 N–H and O–H groups in total. The number of hydrogen-bond donors (Lipinski definition) is 2. The molecule has 0 bridgehead atoms. The van der Waals surface area contributed by atoms with Gasteiger partial charge >= 0.3 is 0 Å². The number of aromatic nitrogens is 2. The molecule has 2 aromatic heterocycles. The van der Waals surface area contributed by atoms with E-state index in [0.717, 1.165) is 30.4 Å². The van der Waals surface area contributed by atoms with Crippen LogP contribution in [0.25, 0.3) is 10.9 Å². The fourth-order valence-corrected chi connectivity index (χ4v) is 4.24. The summed E-state index contributed by atoms with van der Waals surface area (Å²) in [6.07, 6.45) is 4.69. The van der Waals surface area contributed by atoms with Gasteiger partial charge in [0.05, 0.1) is 6.04 Å². The summed E-state index contributed by atoms with van der Waals surface area (Å²) in [4.78, 5) is 10.3. The minimum atomic E-state index is 0.145. The summed E-state index contributed by atoms with van der Waals surface area (Å²) in [5.41, 5.74) is 6.17. The lowest BCUT2D eigenvalue weighted by molar-refractivity contribution is 0.202. The average molecular weight is 355 g/mol. The van der Waals surface area contributed by atoms with E-state index in [1.165, 1.54) is 22.4 Å². The highest BCUT2D eigenvalue weighted by Crippen LogP contribution is 2.39. The summed E-state index contributed by atoms with van der Waals surface area (Å²) in [7, 11) is 0. The SMILES string of the molecule is Oc1ccc2[nH]c3c(c2c1)CCN(Cc1ccccc1)C3c1ccncc1. The molecule has 1 unspecified atom stereocenters. The number of fused-ring (bicyclic) bond motifs is 3. The third-order valence-electron chi connectivity index (χ3n) is 5.46. The summed E-state index contributed by atoms with van der Waals surface area (Å²) in [6, 6.07) is 20.5. The van der Waals surface area contributed by atoms with Crippen LogP contribution in [0.2, 0.25) is 0 Å². The highest BCUT2D eigenvalue weighted by Gasteiger charge is 2.31. The molecule has 5 rings (SSSR count). The van der Waals surface area contributed by atoms with Crippen LogP contribution in [0.1, 0.15) is 28.4 Å². The molecule has 3 heterocycles. The number of aromatic amines is 1. The average Bonchev–Trinajstić information content (AvgIpc) is 3.07. The quantitative estimate of drug-likeness (QED) is 0.572. The summed E-state index contributed by atoms with van der Waals surface area (Å²) in [5, 5.41) is 11.1. The zero-order valence-electron chi connectivity index (χ0n) is 15.0. The molecule has 4 heteroatoms. The molecule has 0 saturated heterocycles. The van der Waals surface area contributed by atoms with Crippen LogP contribution in [-0.2, 0) is 13.0 Å². The Morgan fingerprint density at radius 3 is 2.67 bits per heavy atom. The van der Waals surface area contributed by atoms with Crippen molar-refractivity contribution in [2.45, 2.75) is 19.0 Å². The van der Waals surface area contributed by atoms with Gasteiger partial charge in [-0.2, -0.15) is 0 Å². The molecular formula is C23H21N3O. The molecule has 0 amide bonds. The van der Waals surface area contributed by atoms with Crippen LogP contribution in [0.15, 0.2) is 73.1 Å². The summed E-state index contributed by atoms with van der Waals surface area (Å²) < 4.78 is 0. The molecular weight excluding hydrogens is 334 g/mol. The van der Waals surface area contributed by atoms with Crippen LogP contribution in [-0.4, -0.2) is 26.5 Å². The second-order valence-corrected chi connectivity index (χ2v) is 7.14. The second-order valence-electron chi connectivity index (χ2n) is 7.14. The molecule has 0 radical (unpaired) electrons. The van der Waals surface area contributed by atoms with Gasteiger partial charge in [0.15, 0.2) is 0 Å². The van der Waals surface area contributed by atoms with Gasteiger partial charge in [-0.1, -0.05) is 30.3 Å². The Morgan fingerprint density at radius 2 is 1.85 bits per heavy atom. The largest absolute Gasteiger partial charge is 0.508 e. The van der Waals surface area contributed by atoms with Crippen LogP contribution < -0.4 is 0 Å². The van der Waals surface area contributed by atoms with Gasteiger partial charge in [-0.25, -0.2) is 0 Å². The Kier molecular flexibility index (Phi) is 3.91. The van der Waals surface area contributed by atoms with E-state index in [-0.39, 0.29) is 6.04 Å². The number of H-pyrrole nitrogens is 1. The summed E-state index contributed by atoms with van der Waals surface area (Å²) >= 11 is 0. The van der Waals surface area contributed by atoms with Gasteiger partial charge in [0, 0.05) is 42.1 Å². The molecule has 0 fully saturated rings. The fourth-order valence-electron chi connectivity index (χ4n) is 4.24. The Balaban J connectivity index is 1.63. The van der Waals surface area contributed by atoms with Crippen molar-refractivity contribution in [2.24, 2.45) is 0 Å². The van der Waals surface area contributed by atoms with Gasteiger partial charge in [-0.15, -0.1) is 0 Å². The zero-order chi connectivity index (χ0) is 18.2. The molecule has 1 aliphatic heterocycles. The highest BCUT2D eigenvalue weighted by atomic mass is 16.3. The van der Waals surface area contributed by atoms with Crippen molar-refractivity contribution >= 4 is 10.9 Å². The van der Waals surface area contributed by atoms with E-state index in [2.05, 4.69) is 57.3 Å². The molecule has 1 aliphatic rings. The monoisotopic (exact) mass is 355 g/mol. The van der Waals surface area contributed by atoms with E-state index >= 15 is 0 Å². The van der Waals surface area contributed by atoms with Crippen molar-refractivity contribution < 1.29 is 5.11 Å². The van der Waals surface area contributed by atoms with Crippen molar-refractivity contribution in [3.63, 3.8) is 0 Å². The van der Waals surface area contributed by atoms with E-state index < -0.39 is 0 Å². The van der Waals surface area contributed by atoms with Gasteiger partial charge in [0.2, 0.25) is 0 Å². The number of phenols is 1. The number of rotatable bonds is 3. The lowest BCUT2D eigenvalue weighted by Crippen LogP contribution is -2.35. The molecule has 1 atom stereocenters. The number of pyridine rings is 1. The second kappa shape index (κ2) is 6.56. The van der Waals surface area contributed by atoms with Gasteiger partial charge in [-0.3, -0.25) is 9.88 Å². The Bertz CT molecular complexity index is 1070. The molecule has 0 aliphatic carbocycles. The fraction of sp³-hybridized carbons (Fsp3) is 0.174. The number of hydrogen-bond acceptors (Lipinski definition) is 3. The van der Waals surface area contributed by atoms with Crippen molar-refractivity contribution in [1.29, 1.82) is 0 Å². The normalized spacial score (nSPS) is 17.1. The van der Waals surface area contributed by atoms with Crippen LogP contribution >= 0.6 is 0 Å². The predicted octanol–water partition coefficient (Wildman–Crippen LogP) is 4.42. The zero-order valence-corrected chi connectivity index (χ0v) is 15.0. The minimum Gasteiger partial charge on any atom is -0.508 e. The molecule has 4 aromatic rings. The van der Waals surface area contributed by atoms with Crippen molar-refractivity contribution in [1.82, 2.24) is 14.9 Å². The first kappa shape index (κ1) is 16.1. The molecule has 134 valence electrons. The third kappa shape index (κ3) is 2.88. The third-order valence-corrected chi connectivity index (χ3v) is 5.46. The maximum atomic E-state index is 9.95.